The Kier molecular flexibility index (Phi) is 4.24. The van der Waals surface area contributed by atoms with E-state index < -0.39 is 0 Å². The predicted molar refractivity (Wildman–Crippen MR) is 92.4 cm³/mol. The molecule has 0 aliphatic carbocycles. The lowest BCUT2D eigenvalue weighted by Crippen LogP contribution is -2.57. The summed E-state index contributed by atoms with van der Waals surface area (Å²) in [6.45, 7) is 3.18. The second-order valence-corrected chi connectivity index (χ2v) is 7.28. The number of aromatic nitrogens is 1. The van der Waals surface area contributed by atoms with Crippen molar-refractivity contribution in [3.05, 3.63) is 40.3 Å². The standard InChI is InChI=1S/C17H17Cl2N3O2/c18-12-5-11(6-13(19)7-12)15-8-20-17(24-15)16(23)21-14-9-22-3-1-10(14)2-4-22/h5-8,10,14H,1-4,9H2,(H,21,23). The molecule has 1 aromatic heterocycles. The molecule has 1 amide bonds. The SMILES string of the molecule is O=C(NC1CN2CCC1CC2)c1ncc(-c2cc(Cl)cc(Cl)c2)o1. The van der Waals surface area contributed by atoms with Crippen LogP contribution in [0.2, 0.25) is 10.0 Å². The average molecular weight is 366 g/mol. The molecule has 2 bridgehead atoms. The molecule has 5 nitrogen and oxygen atoms in total. The monoisotopic (exact) mass is 365 g/mol. The van der Waals surface area contributed by atoms with Gasteiger partial charge in [-0.05, 0) is 50.0 Å². The number of nitrogens with zero attached hydrogens (tertiary/aromatic N) is 2. The molecule has 0 radical (unpaired) electrons. The zero-order valence-corrected chi connectivity index (χ0v) is 14.5. The molecule has 1 atom stereocenters. The Morgan fingerprint density at radius 2 is 1.92 bits per heavy atom. The first-order valence-corrected chi connectivity index (χ1v) is 8.79. The van der Waals surface area contributed by atoms with Crippen LogP contribution in [0.15, 0.2) is 28.8 Å². The number of fused-ring (bicyclic) bond motifs is 3. The van der Waals surface area contributed by atoms with Crippen LogP contribution < -0.4 is 5.32 Å². The molecule has 24 heavy (non-hydrogen) atoms. The van der Waals surface area contributed by atoms with Gasteiger partial charge in [-0.15, -0.1) is 0 Å². The number of carbonyl (C=O) groups is 1. The number of nitrogens with one attached hydrogen (secondary N) is 1. The average Bonchev–Trinajstić information content (AvgIpc) is 3.05. The van der Waals surface area contributed by atoms with E-state index in [-0.39, 0.29) is 17.8 Å². The molecule has 3 aliphatic heterocycles. The summed E-state index contributed by atoms with van der Waals surface area (Å²) in [4.78, 5) is 18.9. The number of benzene rings is 1. The number of piperidine rings is 3. The smallest absolute Gasteiger partial charge is 0.307 e. The summed E-state index contributed by atoms with van der Waals surface area (Å²) < 4.78 is 5.61. The van der Waals surface area contributed by atoms with E-state index in [9.17, 15) is 4.79 Å². The molecule has 1 unspecified atom stereocenters. The van der Waals surface area contributed by atoms with Crippen LogP contribution in [-0.2, 0) is 0 Å². The van der Waals surface area contributed by atoms with Crippen molar-refractivity contribution in [2.75, 3.05) is 19.6 Å². The highest BCUT2D eigenvalue weighted by molar-refractivity contribution is 6.35. The summed E-state index contributed by atoms with van der Waals surface area (Å²) in [5.41, 5.74) is 0.696. The molecule has 5 rings (SSSR count). The van der Waals surface area contributed by atoms with Gasteiger partial charge in [0.2, 0.25) is 0 Å². The van der Waals surface area contributed by atoms with Gasteiger partial charge in [0.05, 0.1) is 6.20 Å². The second-order valence-electron chi connectivity index (χ2n) is 6.41. The number of oxazole rings is 1. The lowest BCUT2D eigenvalue weighted by Gasteiger charge is -2.44. The van der Waals surface area contributed by atoms with Gasteiger partial charge in [-0.3, -0.25) is 4.79 Å². The minimum atomic E-state index is -0.270. The fourth-order valence-electron chi connectivity index (χ4n) is 3.57. The molecule has 0 saturated carbocycles. The van der Waals surface area contributed by atoms with Gasteiger partial charge in [0.1, 0.15) is 0 Å². The Labute approximate surface area is 149 Å². The maximum atomic E-state index is 12.4. The number of hydrogen-bond acceptors (Lipinski definition) is 4. The topological polar surface area (TPSA) is 58.4 Å². The molecule has 1 N–H and O–H groups in total. The molecule has 0 spiro atoms. The van der Waals surface area contributed by atoms with E-state index in [1.807, 2.05) is 0 Å². The molecular formula is C17H17Cl2N3O2. The molecule has 2 aromatic rings. The van der Waals surface area contributed by atoms with Crippen molar-refractivity contribution in [3.8, 4) is 11.3 Å². The van der Waals surface area contributed by atoms with Crippen LogP contribution >= 0.6 is 23.2 Å². The first-order chi connectivity index (χ1) is 11.6. The van der Waals surface area contributed by atoms with E-state index in [2.05, 4.69) is 15.2 Å². The van der Waals surface area contributed by atoms with Crippen LogP contribution in [0.25, 0.3) is 11.3 Å². The van der Waals surface area contributed by atoms with Crippen molar-refractivity contribution in [3.63, 3.8) is 0 Å². The van der Waals surface area contributed by atoms with Crippen molar-refractivity contribution in [1.82, 2.24) is 15.2 Å². The molecule has 4 heterocycles. The summed E-state index contributed by atoms with van der Waals surface area (Å²) in [5, 5.41) is 4.08. The predicted octanol–water partition coefficient (Wildman–Crippen LogP) is 3.47. The highest BCUT2D eigenvalue weighted by Crippen LogP contribution is 2.29. The maximum absolute atomic E-state index is 12.4. The van der Waals surface area contributed by atoms with E-state index in [0.29, 0.717) is 27.3 Å². The van der Waals surface area contributed by atoms with Gasteiger partial charge in [-0.2, -0.15) is 0 Å². The number of hydrogen-bond donors (Lipinski definition) is 1. The minimum Gasteiger partial charge on any atom is -0.432 e. The van der Waals surface area contributed by atoms with E-state index in [0.717, 1.165) is 32.5 Å². The summed E-state index contributed by atoms with van der Waals surface area (Å²) in [6, 6.07) is 5.27. The third-order valence-electron chi connectivity index (χ3n) is 4.82. The van der Waals surface area contributed by atoms with E-state index in [4.69, 9.17) is 27.6 Å². The molecular weight excluding hydrogens is 349 g/mol. The van der Waals surface area contributed by atoms with Gasteiger partial charge in [0.25, 0.3) is 5.89 Å². The molecule has 7 heteroatoms. The number of amides is 1. The maximum Gasteiger partial charge on any atom is 0.307 e. The van der Waals surface area contributed by atoms with Crippen LogP contribution in [0.4, 0.5) is 0 Å². The van der Waals surface area contributed by atoms with Crippen LogP contribution in [-0.4, -0.2) is 41.5 Å². The van der Waals surface area contributed by atoms with Crippen molar-refractivity contribution in [1.29, 1.82) is 0 Å². The Hall–Kier alpha value is -1.56. The van der Waals surface area contributed by atoms with Gasteiger partial charge in [0.15, 0.2) is 5.76 Å². The Morgan fingerprint density at radius 1 is 1.21 bits per heavy atom. The molecule has 3 aliphatic rings. The summed E-state index contributed by atoms with van der Waals surface area (Å²) in [5.74, 6) is 0.823. The first kappa shape index (κ1) is 15.9. The largest absolute Gasteiger partial charge is 0.432 e. The highest BCUT2D eigenvalue weighted by Gasteiger charge is 2.35. The quantitative estimate of drug-likeness (QED) is 0.904. The third kappa shape index (κ3) is 3.16. The number of halogens is 2. The summed E-state index contributed by atoms with van der Waals surface area (Å²) >= 11 is 12.0. The Balaban J connectivity index is 1.49. The highest BCUT2D eigenvalue weighted by atomic mass is 35.5. The third-order valence-corrected chi connectivity index (χ3v) is 5.26. The number of rotatable bonds is 3. The van der Waals surface area contributed by atoms with Crippen molar-refractivity contribution >= 4 is 29.1 Å². The zero-order chi connectivity index (χ0) is 16.7. The zero-order valence-electron chi connectivity index (χ0n) is 13.0. The van der Waals surface area contributed by atoms with Crippen LogP contribution in [0.1, 0.15) is 23.5 Å². The Morgan fingerprint density at radius 3 is 2.54 bits per heavy atom. The minimum absolute atomic E-state index is 0.0672. The van der Waals surface area contributed by atoms with Crippen LogP contribution in [0.5, 0.6) is 0 Å². The lowest BCUT2D eigenvalue weighted by molar-refractivity contribution is 0.0602. The fourth-order valence-corrected chi connectivity index (χ4v) is 4.09. The Bertz CT molecular complexity index is 749. The van der Waals surface area contributed by atoms with Crippen molar-refractivity contribution < 1.29 is 9.21 Å². The summed E-state index contributed by atoms with van der Waals surface area (Å²) in [7, 11) is 0. The molecule has 3 saturated heterocycles. The van der Waals surface area contributed by atoms with Gasteiger partial charge in [-0.1, -0.05) is 23.2 Å². The number of carbonyl (C=O) groups excluding carboxylic acids is 1. The van der Waals surface area contributed by atoms with Crippen molar-refractivity contribution in [2.45, 2.75) is 18.9 Å². The van der Waals surface area contributed by atoms with E-state index in [1.165, 1.54) is 6.20 Å². The molecule has 126 valence electrons. The fraction of sp³-hybridized carbons (Fsp3) is 0.412. The lowest BCUT2D eigenvalue weighted by atomic mass is 9.84. The van der Waals surface area contributed by atoms with Gasteiger partial charge >= 0.3 is 5.91 Å². The normalized spacial score (nSPS) is 25.7. The van der Waals surface area contributed by atoms with Gasteiger partial charge in [0, 0.05) is 28.2 Å². The van der Waals surface area contributed by atoms with Crippen LogP contribution in [0, 0.1) is 5.92 Å². The van der Waals surface area contributed by atoms with E-state index in [1.54, 1.807) is 18.2 Å². The van der Waals surface area contributed by atoms with Gasteiger partial charge in [-0.25, -0.2) is 4.98 Å². The summed E-state index contributed by atoms with van der Waals surface area (Å²) in [6.07, 6.45) is 3.80. The van der Waals surface area contributed by atoms with Gasteiger partial charge < -0.3 is 14.6 Å². The van der Waals surface area contributed by atoms with E-state index >= 15 is 0 Å². The van der Waals surface area contributed by atoms with Crippen LogP contribution in [0.3, 0.4) is 0 Å². The molecule has 1 aromatic carbocycles. The first-order valence-electron chi connectivity index (χ1n) is 8.04. The molecule has 3 fully saturated rings. The van der Waals surface area contributed by atoms with Crippen molar-refractivity contribution in [2.24, 2.45) is 5.92 Å². The second kappa shape index (κ2) is 6.39.